The molecule has 3 fully saturated rings. The van der Waals surface area contributed by atoms with E-state index in [9.17, 15) is 19.5 Å². The summed E-state index contributed by atoms with van der Waals surface area (Å²) in [5, 5.41) is 24.5. The minimum absolute atomic E-state index is 0.0118. The van der Waals surface area contributed by atoms with Gasteiger partial charge in [0.25, 0.3) is 0 Å². The second kappa shape index (κ2) is 9.70. The van der Waals surface area contributed by atoms with Gasteiger partial charge in [-0.05, 0) is 37.0 Å². The number of nitrogens with zero attached hydrogens (tertiary/aromatic N) is 4. The molecule has 3 amide bonds. The quantitative estimate of drug-likeness (QED) is 0.392. The molecule has 3 aliphatic rings. The van der Waals surface area contributed by atoms with E-state index in [1.54, 1.807) is 28.4 Å². The van der Waals surface area contributed by atoms with Crippen molar-refractivity contribution in [1.29, 1.82) is 0 Å². The highest BCUT2D eigenvalue weighted by molar-refractivity contribution is 8.02. The van der Waals surface area contributed by atoms with E-state index in [2.05, 4.69) is 20.9 Å². The van der Waals surface area contributed by atoms with E-state index in [1.165, 1.54) is 0 Å². The molecule has 38 heavy (non-hydrogen) atoms. The van der Waals surface area contributed by atoms with Gasteiger partial charge in [0.2, 0.25) is 17.7 Å². The normalized spacial score (nSPS) is 28.5. The van der Waals surface area contributed by atoms with Crippen molar-refractivity contribution in [2.24, 2.45) is 11.8 Å². The molecule has 1 spiro atoms. The van der Waals surface area contributed by atoms with Crippen LogP contribution >= 0.6 is 11.8 Å². The first-order valence-electron chi connectivity index (χ1n) is 12.9. The van der Waals surface area contributed by atoms with E-state index in [1.807, 2.05) is 54.6 Å². The Morgan fingerprint density at radius 2 is 1.92 bits per heavy atom. The number of thioether (sulfide) groups is 1. The number of likely N-dealkylation sites (tertiary alicyclic amines) is 1. The van der Waals surface area contributed by atoms with Crippen molar-refractivity contribution in [3.63, 3.8) is 0 Å². The second-order valence-corrected chi connectivity index (χ2v) is 11.8. The third kappa shape index (κ3) is 3.79. The van der Waals surface area contributed by atoms with Crippen molar-refractivity contribution in [1.82, 2.24) is 30.5 Å². The van der Waals surface area contributed by atoms with Crippen LogP contribution in [0, 0.1) is 11.8 Å². The van der Waals surface area contributed by atoms with Gasteiger partial charge in [0.1, 0.15) is 18.2 Å². The van der Waals surface area contributed by atoms with Crippen molar-refractivity contribution in [3.05, 3.63) is 60.2 Å². The van der Waals surface area contributed by atoms with E-state index in [0.717, 1.165) is 23.0 Å². The number of carbonyl (C=O) groups is 3. The van der Waals surface area contributed by atoms with E-state index >= 15 is 0 Å². The van der Waals surface area contributed by atoms with Crippen LogP contribution in [0.15, 0.2) is 54.6 Å². The van der Waals surface area contributed by atoms with Crippen LogP contribution in [0.25, 0.3) is 11.0 Å². The molecule has 1 aromatic heterocycles. The Balaban J connectivity index is 1.35. The molecular formula is C27H30N6O4S. The molecular weight excluding hydrogens is 504 g/mol. The number of aliphatic hydroxyl groups excluding tert-OH is 1. The molecule has 3 aliphatic heterocycles. The first kappa shape index (κ1) is 24.9. The Bertz CT molecular complexity index is 1380. The van der Waals surface area contributed by atoms with Crippen LogP contribution in [-0.4, -0.2) is 78.5 Å². The molecule has 0 saturated carbocycles. The van der Waals surface area contributed by atoms with Gasteiger partial charge in [-0.1, -0.05) is 47.7 Å². The molecule has 3 N–H and O–H groups in total. The number of para-hydroxylation sites is 1. The lowest BCUT2D eigenvalue weighted by Crippen LogP contribution is -2.57. The smallest absolute Gasteiger partial charge is 0.245 e. The van der Waals surface area contributed by atoms with Crippen LogP contribution < -0.4 is 10.6 Å². The van der Waals surface area contributed by atoms with Gasteiger partial charge in [-0.2, -0.15) is 0 Å². The Morgan fingerprint density at radius 1 is 1.16 bits per heavy atom. The van der Waals surface area contributed by atoms with Crippen LogP contribution in [0.1, 0.15) is 18.4 Å². The van der Waals surface area contributed by atoms with Crippen molar-refractivity contribution in [2.45, 2.75) is 48.0 Å². The molecule has 6 rings (SSSR count). The summed E-state index contributed by atoms with van der Waals surface area (Å²) in [7, 11) is 1.58. The fourth-order valence-electron chi connectivity index (χ4n) is 6.67. The summed E-state index contributed by atoms with van der Waals surface area (Å²) in [6.45, 7) is -0.201. The number of fused-ring (bicyclic) bond motifs is 2. The average molecular weight is 535 g/mol. The molecule has 3 aromatic rings. The van der Waals surface area contributed by atoms with Crippen LogP contribution in [-0.2, 0) is 27.5 Å². The number of aromatic nitrogens is 3. The predicted octanol–water partition coefficient (Wildman–Crippen LogP) is 0.946. The molecule has 2 unspecified atom stereocenters. The molecule has 0 radical (unpaired) electrons. The van der Waals surface area contributed by atoms with E-state index in [-0.39, 0.29) is 36.2 Å². The minimum Gasteiger partial charge on any atom is -0.394 e. The SMILES string of the molecule is CNC(=O)[C@@H]1[C@H]2C(=O)N([C@@H](CO)Cc3ccccc3)C(C(=O)NCn3nnc4ccccc43)C23CC[C@H]1S3. The largest absolute Gasteiger partial charge is 0.394 e. The van der Waals surface area contributed by atoms with Crippen molar-refractivity contribution in [3.8, 4) is 0 Å². The van der Waals surface area contributed by atoms with Crippen molar-refractivity contribution >= 4 is 40.5 Å². The fraction of sp³-hybridized carbons (Fsp3) is 0.444. The summed E-state index contributed by atoms with van der Waals surface area (Å²) in [6.07, 6.45) is 1.83. The molecule has 11 heteroatoms. The summed E-state index contributed by atoms with van der Waals surface area (Å²) in [5.74, 6) is -1.81. The third-order valence-electron chi connectivity index (χ3n) is 8.28. The molecule has 2 aromatic carbocycles. The first-order chi connectivity index (χ1) is 18.5. The Labute approximate surface area is 224 Å². The molecule has 198 valence electrons. The maximum Gasteiger partial charge on any atom is 0.245 e. The molecule has 0 aliphatic carbocycles. The minimum atomic E-state index is -0.819. The molecule has 2 bridgehead atoms. The summed E-state index contributed by atoms with van der Waals surface area (Å²) in [6, 6.07) is 15.7. The standard InChI is InChI=1S/C27H30N6O4S/c1-28-24(35)21-20-11-12-27(38-20)22(21)26(37)33(17(14-34)13-16-7-3-2-4-8-16)23(27)25(36)29-15-32-19-10-6-5-9-18(19)30-31-32/h2-10,17,20-23,34H,11-15H2,1H3,(H,28,35)(H,29,36)/t17-,20-,21+,22+,23?,27?/m1/s1. The van der Waals surface area contributed by atoms with Crippen LogP contribution in [0.3, 0.4) is 0 Å². The van der Waals surface area contributed by atoms with E-state index < -0.39 is 28.7 Å². The molecule has 3 saturated heterocycles. The number of benzene rings is 2. The van der Waals surface area contributed by atoms with Crippen molar-refractivity contribution in [2.75, 3.05) is 13.7 Å². The highest BCUT2D eigenvalue weighted by Gasteiger charge is 2.74. The Kier molecular flexibility index (Phi) is 6.35. The average Bonchev–Trinajstić information content (AvgIpc) is 3.70. The molecule has 4 heterocycles. The van der Waals surface area contributed by atoms with E-state index in [4.69, 9.17) is 0 Å². The fourth-order valence-corrected chi connectivity index (χ4v) is 8.88. The summed E-state index contributed by atoms with van der Waals surface area (Å²) in [5.41, 5.74) is 2.47. The number of nitrogens with one attached hydrogen (secondary N) is 2. The molecule has 6 atom stereocenters. The number of rotatable bonds is 8. The predicted molar refractivity (Wildman–Crippen MR) is 142 cm³/mol. The lowest BCUT2D eigenvalue weighted by Gasteiger charge is -2.37. The monoisotopic (exact) mass is 534 g/mol. The number of hydrogen-bond donors (Lipinski definition) is 3. The number of carbonyl (C=O) groups excluding carboxylic acids is 3. The van der Waals surface area contributed by atoms with Gasteiger partial charge in [-0.25, -0.2) is 4.68 Å². The topological polar surface area (TPSA) is 129 Å². The van der Waals surface area contributed by atoms with Gasteiger partial charge in [-0.3, -0.25) is 14.4 Å². The summed E-state index contributed by atoms with van der Waals surface area (Å²) in [4.78, 5) is 42.7. The van der Waals surface area contributed by atoms with Gasteiger partial charge >= 0.3 is 0 Å². The highest BCUT2D eigenvalue weighted by Crippen LogP contribution is 2.66. The van der Waals surface area contributed by atoms with Gasteiger partial charge in [0.15, 0.2) is 0 Å². The zero-order valence-electron chi connectivity index (χ0n) is 21.0. The lowest BCUT2D eigenvalue weighted by molar-refractivity contribution is -0.142. The summed E-state index contributed by atoms with van der Waals surface area (Å²) >= 11 is 1.60. The zero-order valence-corrected chi connectivity index (χ0v) is 21.8. The van der Waals surface area contributed by atoms with Gasteiger partial charge in [0.05, 0.1) is 34.7 Å². The van der Waals surface area contributed by atoms with Crippen LogP contribution in [0.4, 0.5) is 0 Å². The maximum absolute atomic E-state index is 14.1. The van der Waals surface area contributed by atoms with Gasteiger partial charge in [0, 0.05) is 12.3 Å². The second-order valence-electron chi connectivity index (χ2n) is 10.2. The Hall–Kier alpha value is -3.44. The lowest BCUT2D eigenvalue weighted by atomic mass is 9.71. The number of aliphatic hydroxyl groups is 1. The maximum atomic E-state index is 14.1. The highest BCUT2D eigenvalue weighted by atomic mass is 32.2. The van der Waals surface area contributed by atoms with Crippen LogP contribution in [0.5, 0.6) is 0 Å². The third-order valence-corrected chi connectivity index (χ3v) is 10.2. The number of amides is 3. The van der Waals surface area contributed by atoms with Gasteiger partial charge < -0.3 is 20.6 Å². The zero-order chi connectivity index (χ0) is 26.4. The summed E-state index contributed by atoms with van der Waals surface area (Å²) < 4.78 is 0.890. The Morgan fingerprint density at radius 3 is 2.68 bits per heavy atom. The number of hydrogen-bond acceptors (Lipinski definition) is 7. The van der Waals surface area contributed by atoms with Crippen molar-refractivity contribution < 1.29 is 19.5 Å². The van der Waals surface area contributed by atoms with Gasteiger partial charge in [-0.15, -0.1) is 16.9 Å². The van der Waals surface area contributed by atoms with E-state index in [0.29, 0.717) is 12.8 Å². The molecule has 10 nitrogen and oxygen atoms in total. The van der Waals surface area contributed by atoms with Crippen LogP contribution in [0.2, 0.25) is 0 Å². The first-order valence-corrected chi connectivity index (χ1v) is 13.8.